The van der Waals surface area contributed by atoms with Gasteiger partial charge in [0.25, 0.3) is 0 Å². The fraction of sp³-hybridized carbons (Fsp3) is 0.877. The lowest BCUT2D eigenvalue weighted by atomic mass is 10.0. The zero-order valence-electron chi connectivity index (χ0n) is 42.4. The first kappa shape index (κ1) is 60.9. The molecular formula is C57H106O6. The second-order valence-corrected chi connectivity index (χ2v) is 18.8. The van der Waals surface area contributed by atoms with Crippen LogP contribution in [0.5, 0.6) is 0 Å². The monoisotopic (exact) mass is 887 g/mol. The van der Waals surface area contributed by atoms with Crippen LogP contribution in [0.4, 0.5) is 0 Å². The standard InChI is InChI=1S/C57H106O6/c1-4-7-10-13-16-19-22-25-27-28-30-32-35-38-41-44-47-50-56(59)62-53-54(52-61-55(58)49-46-43-40-37-34-31-24-21-18-15-12-9-6-3)63-57(60)51-48-45-42-39-36-33-29-26-23-20-17-14-11-8-5-2/h21,24,26,29,54H,4-20,22-23,25,27-28,30-53H2,1-3H3. The molecule has 0 aliphatic rings. The van der Waals surface area contributed by atoms with Gasteiger partial charge in [-0.05, 0) is 70.6 Å². The average molecular weight is 887 g/mol. The van der Waals surface area contributed by atoms with Gasteiger partial charge in [0.1, 0.15) is 13.2 Å². The summed E-state index contributed by atoms with van der Waals surface area (Å²) in [5.41, 5.74) is 0. The highest BCUT2D eigenvalue weighted by molar-refractivity contribution is 5.71. The van der Waals surface area contributed by atoms with Gasteiger partial charge >= 0.3 is 17.9 Å². The van der Waals surface area contributed by atoms with Crippen LogP contribution in [-0.4, -0.2) is 37.2 Å². The Hall–Kier alpha value is -2.11. The molecule has 0 aromatic heterocycles. The van der Waals surface area contributed by atoms with Gasteiger partial charge in [-0.25, -0.2) is 0 Å². The molecule has 0 spiro atoms. The topological polar surface area (TPSA) is 78.9 Å². The molecule has 0 heterocycles. The molecule has 1 unspecified atom stereocenters. The van der Waals surface area contributed by atoms with E-state index in [1.54, 1.807) is 0 Å². The highest BCUT2D eigenvalue weighted by atomic mass is 16.6. The molecule has 6 heteroatoms. The predicted molar refractivity (Wildman–Crippen MR) is 270 cm³/mol. The molecule has 0 N–H and O–H groups in total. The molecule has 63 heavy (non-hydrogen) atoms. The van der Waals surface area contributed by atoms with Gasteiger partial charge in [-0.1, -0.05) is 238 Å². The van der Waals surface area contributed by atoms with Gasteiger partial charge in [0, 0.05) is 19.3 Å². The van der Waals surface area contributed by atoms with Crippen molar-refractivity contribution in [1.29, 1.82) is 0 Å². The van der Waals surface area contributed by atoms with E-state index in [0.717, 1.165) is 70.6 Å². The molecule has 0 fully saturated rings. The van der Waals surface area contributed by atoms with Crippen LogP contribution in [0.3, 0.4) is 0 Å². The van der Waals surface area contributed by atoms with Crippen molar-refractivity contribution < 1.29 is 28.6 Å². The first-order chi connectivity index (χ1) is 31.0. The molecule has 6 nitrogen and oxygen atoms in total. The summed E-state index contributed by atoms with van der Waals surface area (Å²) in [6.45, 7) is 6.64. The first-order valence-electron chi connectivity index (χ1n) is 27.8. The minimum absolute atomic E-state index is 0.0730. The highest BCUT2D eigenvalue weighted by Crippen LogP contribution is 2.16. The number of hydrogen-bond acceptors (Lipinski definition) is 6. The Morgan fingerprint density at radius 2 is 0.524 bits per heavy atom. The fourth-order valence-corrected chi connectivity index (χ4v) is 8.20. The Labute approximate surface area is 392 Å². The maximum absolute atomic E-state index is 12.8. The number of carbonyl (C=O) groups excluding carboxylic acids is 3. The maximum Gasteiger partial charge on any atom is 0.306 e. The van der Waals surface area contributed by atoms with Crippen molar-refractivity contribution in [2.75, 3.05) is 13.2 Å². The summed E-state index contributed by atoms with van der Waals surface area (Å²) < 4.78 is 16.8. The molecule has 0 aromatic carbocycles. The number of carbonyl (C=O) groups is 3. The molecule has 0 bridgehead atoms. The SMILES string of the molecule is CCCCCCC=CCCCCCCCC(=O)OCC(COC(=O)CCCCCCCCCCCCCCCCCCC)OC(=O)CCCCCCCC=CCCCCCCCC. The van der Waals surface area contributed by atoms with E-state index in [1.165, 1.54) is 193 Å². The Morgan fingerprint density at radius 1 is 0.302 bits per heavy atom. The molecule has 370 valence electrons. The molecule has 0 saturated carbocycles. The molecule has 0 aromatic rings. The van der Waals surface area contributed by atoms with Gasteiger partial charge in [0.15, 0.2) is 6.10 Å². The molecule has 0 aliphatic heterocycles. The number of ether oxygens (including phenoxy) is 3. The molecule has 0 amide bonds. The van der Waals surface area contributed by atoms with Crippen molar-refractivity contribution in [1.82, 2.24) is 0 Å². The molecule has 0 saturated heterocycles. The number of rotatable bonds is 51. The molecule has 0 aliphatic carbocycles. The van der Waals surface area contributed by atoms with Crippen molar-refractivity contribution in [3.63, 3.8) is 0 Å². The van der Waals surface area contributed by atoms with Crippen LogP contribution >= 0.6 is 0 Å². The van der Waals surface area contributed by atoms with E-state index in [2.05, 4.69) is 45.1 Å². The number of esters is 3. The minimum Gasteiger partial charge on any atom is -0.462 e. The third kappa shape index (κ3) is 50.7. The second kappa shape index (κ2) is 52.5. The minimum atomic E-state index is -0.774. The summed E-state index contributed by atoms with van der Waals surface area (Å²) in [6.07, 6.45) is 60.2. The van der Waals surface area contributed by atoms with E-state index < -0.39 is 6.10 Å². The Balaban J connectivity index is 4.34. The summed E-state index contributed by atoms with van der Waals surface area (Å²) in [4.78, 5) is 38.0. The van der Waals surface area contributed by atoms with Gasteiger partial charge < -0.3 is 14.2 Å². The summed E-state index contributed by atoms with van der Waals surface area (Å²) >= 11 is 0. The lowest BCUT2D eigenvalue weighted by molar-refractivity contribution is -0.167. The largest absolute Gasteiger partial charge is 0.462 e. The Kier molecular flexibility index (Phi) is 50.8. The van der Waals surface area contributed by atoms with Gasteiger partial charge in [-0.3, -0.25) is 14.4 Å². The van der Waals surface area contributed by atoms with E-state index in [4.69, 9.17) is 14.2 Å². The van der Waals surface area contributed by atoms with Gasteiger partial charge in [0.2, 0.25) is 0 Å². The van der Waals surface area contributed by atoms with Crippen LogP contribution in [0, 0.1) is 0 Å². The zero-order chi connectivity index (χ0) is 45.8. The first-order valence-corrected chi connectivity index (χ1v) is 27.8. The van der Waals surface area contributed by atoms with Crippen molar-refractivity contribution in [3.8, 4) is 0 Å². The third-order valence-corrected chi connectivity index (χ3v) is 12.4. The van der Waals surface area contributed by atoms with Gasteiger partial charge in [-0.2, -0.15) is 0 Å². The van der Waals surface area contributed by atoms with Gasteiger partial charge in [0.05, 0.1) is 0 Å². The summed E-state index contributed by atoms with van der Waals surface area (Å²) in [6, 6.07) is 0. The lowest BCUT2D eigenvalue weighted by Crippen LogP contribution is -2.30. The van der Waals surface area contributed by atoms with Crippen LogP contribution in [0.25, 0.3) is 0 Å². The summed E-state index contributed by atoms with van der Waals surface area (Å²) in [5.74, 6) is -0.874. The van der Waals surface area contributed by atoms with Crippen LogP contribution in [0.2, 0.25) is 0 Å². The van der Waals surface area contributed by atoms with E-state index in [-0.39, 0.29) is 31.1 Å². The molecule has 0 rings (SSSR count). The van der Waals surface area contributed by atoms with Crippen LogP contribution in [0.15, 0.2) is 24.3 Å². The maximum atomic E-state index is 12.8. The van der Waals surface area contributed by atoms with Crippen LogP contribution < -0.4 is 0 Å². The highest BCUT2D eigenvalue weighted by Gasteiger charge is 2.19. The number of allylic oxidation sites excluding steroid dienone is 4. The van der Waals surface area contributed by atoms with Gasteiger partial charge in [-0.15, -0.1) is 0 Å². The lowest BCUT2D eigenvalue weighted by Gasteiger charge is -2.18. The van der Waals surface area contributed by atoms with Crippen LogP contribution in [-0.2, 0) is 28.6 Å². The fourth-order valence-electron chi connectivity index (χ4n) is 8.20. The van der Waals surface area contributed by atoms with Crippen molar-refractivity contribution in [3.05, 3.63) is 24.3 Å². The van der Waals surface area contributed by atoms with Crippen molar-refractivity contribution >= 4 is 17.9 Å². The molecular weight excluding hydrogens is 781 g/mol. The van der Waals surface area contributed by atoms with E-state index in [0.29, 0.717) is 19.3 Å². The van der Waals surface area contributed by atoms with Crippen molar-refractivity contribution in [2.45, 2.75) is 309 Å². The quantitative estimate of drug-likeness (QED) is 0.0262. The summed E-state index contributed by atoms with van der Waals surface area (Å²) in [5, 5.41) is 0. The smallest absolute Gasteiger partial charge is 0.306 e. The third-order valence-electron chi connectivity index (χ3n) is 12.4. The molecule has 1 atom stereocenters. The van der Waals surface area contributed by atoms with Crippen LogP contribution in [0.1, 0.15) is 303 Å². The normalized spacial score (nSPS) is 12.1. The number of hydrogen-bond donors (Lipinski definition) is 0. The second-order valence-electron chi connectivity index (χ2n) is 18.8. The Morgan fingerprint density at radius 3 is 0.810 bits per heavy atom. The van der Waals surface area contributed by atoms with E-state index in [1.807, 2.05) is 0 Å². The number of unbranched alkanes of at least 4 members (excludes halogenated alkanes) is 36. The van der Waals surface area contributed by atoms with E-state index in [9.17, 15) is 14.4 Å². The average Bonchev–Trinajstić information content (AvgIpc) is 3.28. The summed E-state index contributed by atoms with van der Waals surface area (Å²) in [7, 11) is 0. The molecule has 0 radical (unpaired) electrons. The van der Waals surface area contributed by atoms with E-state index >= 15 is 0 Å². The predicted octanol–water partition coefficient (Wildman–Crippen LogP) is 18.3. The zero-order valence-corrected chi connectivity index (χ0v) is 42.4. The Bertz CT molecular complexity index is 1020. The van der Waals surface area contributed by atoms with Crippen molar-refractivity contribution in [2.24, 2.45) is 0 Å².